The number of halogens is 1. The molecule has 0 saturated carbocycles. The highest BCUT2D eigenvalue weighted by Gasteiger charge is 2.22. The van der Waals surface area contributed by atoms with Crippen molar-refractivity contribution in [1.82, 2.24) is 5.32 Å². The maximum atomic E-state index is 13.5. The van der Waals surface area contributed by atoms with E-state index >= 15 is 0 Å². The van der Waals surface area contributed by atoms with Crippen LogP contribution in [0.5, 0.6) is 0 Å². The molecule has 0 spiro atoms. The quantitative estimate of drug-likeness (QED) is 0.729. The Morgan fingerprint density at radius 2 is 2.12 bits per heavy atom. The normalized spacial score (nSPS) is 13.9. The summed E-state index contributed by atoms with van der Waals surface area (Å²) in [6.45, 7) is 3.02. The average Bonchev–Trinajstić information content (AvgIpc) is 3.19. The smallest absolute Gasteiger partial charge is 0.321 e. The van der Waals surface area contributed by atoms with E-state index in [1.807, 2.05) is 13.0 Å². The molecule has 3 amide bonds. The second-order valence-corrected chi connectivity index (χ2v) is 7.14. The van der Waals surface area contributed by atoms with E-state index in [1.165, 1.54) is 23.5 Å². The number of nitrogens with one attached hydrogen (secondary N) is 2. The third-order valence-corrected chi connectivity index (χ3v) is 5.65. The van der Waals surface area contributed by atoms with Crippen LogP contribution in [0.2, 0.25) is 0 Å². The molecule has 1 saturated heterocycles. The van der Waals surface area contributed by atoms with Crippen molar-refractivity contribution in [3.05, 3.63) is 58.7 Å². The molecule has 0 radical (unpaired) electrons. The lowest BCUT2D eigenvalue weighted by atomic mass is 10.1. The minimum atomic E-state index is -0.318. The van der Waals surface area contributed by atoms with Crippen LogP contribution in [0.25, 0.3) is 10.1 Å². The molecule has 2 N–H and O–H groups in total. The fourth-order valence-electron chi connectivity index (χ4n) is 3.07. The molecule has 0 unspecified atom stereocenters. The Labute approximate surface area is 153 Å². The zero-order valence-corrected chi connectivity index (χ0v) is 14.8. The molecular formula is C19H16FN3O2S. The molecule has 1 fully saturated rings. The van der Waals surface area contributed by atoms with E-state index in [-0.39, 0.29) is 17.8 Å². The predicted octanol–water partition coefficient (Wildman–Crippen LogP) is 4.13. The summed E-state index contributed by atoms with van der Waals surface area (Å²) in [5.41, 5.74) is 2.10. The molecule has 0 aliphatic carbocycles. The van der Waals surface area contributed by atoms with E-state index in [9.17, 15) is 14.0 Å². The molecule has 4 rings (SSSR count). The molecule has 2 heterocycles. The van der Waals surface area contributed by atoms with Gasteiger partial charge in [-0.05, 0) is 54.3 Å². The number of rotatable bonds is 3. The van der Waals surface area contributed by atoms with Crippen molar-refractivity contribution in [2.45, 2.75) is 6.92 Å². The van der Waals surface area contributed by atoms with Gasteiger partial charge in [-0.3, -0.25) is 9.69 Å². The van der Waals surface area contributed by atoms with Gasteiger partial charge in [0.05, 0.1) is 4.88 Å². The molecule has 1 aliphatic heterocycles. The van der Waals surface area contributed by atoms with E-state index in [2.05, 4.69) is 10.6 Å². The highest BCUT2D eigenvalue weighted by molar-refractivity contribution is 7.21. The van der Waals surface area contributed by atoms with Crippen LogP contribution in [0.15, 0.2) is 42.5 Å². The molecule has 1 aromatic heterocycles. The lowest BCUT2D eigenvalue weighted by Crippen LogP contribution is -2.27. The number of thiophene rings is 1. The summed E-state index contributed by atoms with van der Waals surface area (Å²) in [6.07, 6.45) is 0. The first-order valence-corrected chi connectivity index (χ1v) is 9.00. The number of benzene rings is 2. The maximum absolute atomic E-state index is 13.5. The predicted molar refractivity (Wildman–Crippen MR) is 102 cm³/mol. The number of nitrogens with zero attached hydrogens (tertiary/aromatic N) is 1. The number of hydrogen-bond acceptors (Lipinski definition) is 3. The van der Waals surface area contributed by atoms with Gasteiger partial charge in [-0.2, -0.15) is 0 Å². The number of amides is 3. The van der Waals surface area contributed by atoms with Gasteiger partial charge in [0.2, 0.25) is 0 Å². The van der Waals surface area contributed by atoms with Gasteiger partial charge in [-0.25, -0.2) is 9.18 Å². The average molecular weight is 369 g/mol. The third-order valence-electron chi connectivity index (χ3n) is 4.38. The summed E-state index contributed by atoms with van der Waals surface area (Å²) in [6, 6.07) is 11.6. The molecule has 3 aromatic rings. The van der Waals surface area contributed by atoms with Gasteiger partial charge in [0, 0.05) is 29.2 Å². The minimum absolute atomic E-state index is 0.143. The number of carbonyl (C=O) groups is 2. The van der Waals surface area contributed by atoms with E-state index < -0.39 is 0 Å². The van der Waals surface area contributed by atoms with Gasteiger partial charge in [0.15, 0.2) is 0 Å². The maximum Gasteiger partial charge on any atom is 0.321 e. The van der Waals surface area contributed by atoms with Gasteiger partial charge in [-0.15, -0.1) is 11.3 Å². The summed E-state index contributed by atoms with van der Waals surface area (Å²) >= 11 is 1.34. The zero-order valence-electron chi connectivity index (χ0n) is 14.0. The Hall–Kier alpha value is -2.93. The van der Waals surface area contributed by atoms with Crippen LogP contribution in [0.3, 0.4) is 0 Å². The van der Waals surface area contributed by atoms with Crippen LogP contribution in [-0.4, -0.2) is 25.0 Å². The van der Waals surface area contributed by atoms with E-state index in [4.69, 9.17) is 0 Å². The Kier molecular flexibility index (Phi) is 4.08. The van der Waals surface area contributed by atoms with E-state index in [0.29, 0.717) is 23.7 Å². The van der Waals surface area contributed by atoms with Crippen LogP contribution in [0.1, 0.15) is 15.2 Å². The summed E-state index contributed by atoms with van der Waals surface area (Å²) in [4.78, 5) is 26.7. The van der Waals surface area contributed by atoms with Gasteiger partial charge < -0.3 is 10.6 Å². The van der Waals surface area contributed by atoms with Crippen LogP contribution in [0, 0.1) is 12.7 Å². The monoisotopic (exact) mass is 369 g/mol. The first kappa shape index (κ1) is 16.5. The minimum Gasteiger partial charge on any atom is -0.336 e. The topological polar surface area (TPSA) is 61.4 Å². The highest BCUT2D eigenvalue weighted by atomic mass is 32.1. The standard InChI is InChI=1S/C19H16FN3O2S/c1-11-15-9-12(20)5-6-16(15)26-17(11)18(24)22-13-3-2-4-14(10-13)23-8-7-21-19(23)25/h2-6,9-10H,7-8H2,1H3,(H,21,25)(H,22,24). The second-order valence-electron chi connectivity index (χ2n) is 6.08. The summed E-state index contributed by atoms with van der Waals surface area (Å²) in [5, 5.41) is 6.38. The first-order valence-electron chi connectivity index (χ1n) is 8.18. The Morgan fingerprint density at radius 3 is 2.88 bits per heavy atom. The SMILES string of the molecule is Cc1c(C(=O)Nc2cccc(N3CCNC3=O)c2)sc2ccc(F)cc12. The van der Waals surface area contributed by atoms with Crippen LogP contribution in [0.4, 0.5) is 20.6 Å². The summed E-state index contributed by atoms with van der Waals surface area (Å²) in [5.74, 6) is -0.561. The van der Waals surface area contributed by atoms with Crippen molar-refractivity contribution in [2.24, 2.45) is 0 Å². The first-order chi connectivity index (χ1) is 12.5. The lowest BCUT2D eigenvalue weighted by Gasteiger charge is -2.15. The fraction of sp³-hybridized carbons (Fsp3) is 0.158. The van der Waals surface area contributed by atoms with E-state index in [0.717, 1.165) is 21.3 Å². The molecule has 2 aromatic carbocycles. The van der Waals surface area contributed by atoms with E-state index in [1.54, 1.807) is 29.2 Å². The molecule has 1 aliphatic rings. The Balaban J connectivity index is 1.61. The van der Waals surface area contributed by atoms with Crippen LogP contribution < -0.4 is 15.5 Å². The largest absolute Gasteiger partial charge is 0.336 e. The number of hydrogen-bond donors (Lipinski definition) is 2. The summed E-state index contributed by atoms with van der Waals surface area (Å²) in [7, 11) is 0. The highest BCUT2D eigenvalue weighted by Crippen LogP contribution is 2.32. The third kappa shape index (κ3) is 2.90. The number of urea groups is 1. The molecule has 5 nitrogen and oxygen atoms in total. The summed E-state index contributed by atoms with van der Waals surface area (Å²) < 4.78 is 14.3. The van der Waals surface area contributed by atoms with Crippen molar-refractivity contribution >= 4 is 44.7 Å². The molecule has 132 valence electrons. The number of carbonyl (C=O) groups excluding carboxylic acids is 2. The number of anilines is 2. The van der Waals surface area contributed by atoms with Crippen molar-refractivity contribution in [3.63, 3.8) is 0 Å². The fourth-order valence-corrected chi connectivity index (χ4v) is 4.15. The molecule has 7 heteroatoms. The van der Waals surface area contributed by atoms with Gasteiger partial charge in [0.25, 0.3) is 5.91 Å². The van der Waals surface area contributed by atoms with Crippen molar-refractivity contribution in [2.75, 3.05) is 23.3 Å². The molecule has 0 bridgehead atoms. The zero-order chi connectivity index (χ0) is 18.3. The van der Waals surface area contributed by atoms with Crippen molar-refractivity contribution in [3.8, 4) is 0 Å². The second kappa shape index (κ2) is 6.42. The van der Waals surface area contributed by atoms with Crippen molar-refractivity contribution in [1.29, 1.82) is 0 Å². The Morgan fingerprint density at radius 1 is 1.27 bits per heavy atom. The molecule has 26 heavy (non-hydrogen) atoms. The van der Waals surface area contributed by atoms with Crippen LogP contribution >= 0.6 is 11.3 Å². The molecular weight excluding hydrogens is 353 g/mol. The number of aryl methyl sites for hydroxylation is 1. The molecule has 0 atom stereocenters. The van der Waals surface area contributed by atoms with Gasteiger partial charge >= 0.3 is 6.03 Å². The van der Waals surface area contributed by atoms with Crippen molar-refractivity contribution < 1.29 is 14.0 Å². The lowest BCUT2D eigenvalue weighted by molar-refractivity contribution is 0.103. The van der Waals surface area contributed by atoms with Gasteiger partial charge in [0.1, 0.15) is 5.82 Å². The Bertz CT molecular complexity index is 1030. The number of fused-ring (bicyclic) bond motifs is 1. The van der Waals surface area contributed by atoms with Crippen LogP contribution in [-0.2, 0) is 0 Å². The van der Waals surface area contributed by atoms with Gasteiger partial charge in [-0.1, -0.05) is 6.07 Å².